The molecule has 1 heteroatoms. The molecular formula is C12H19N. The molecule has 0 unspecified atom stereocenters. The summed E-state index contributed by atoms with van der Waals surface area (Å²) in [6.07, 6.45) is 6.99. The topological polar surface area (TPSA) is 3.24 Å². The van der Waals surface area contributed by atoms with Gasteiger partial charge in [-0.3, -0.25) is 0 Å². The number of hydrogen-bond acceptors (Lipinski definition) is 1. The van der Waals surface area contributed by atoms with Gasteiger partial charge in [-0.2, -0.15) is 0 Å². The number of nitrogens with zero attached hydrogens (tertiary/aromatic N) is 1. The van der Waals surface area contributed by atoms with E-state index >= 15 is 0 Å². The smallest absolute Gasteiger partial charge is 0.0385 e. The molecule has 1 rings (SSSR count). The zero-order valence-electron chi connectivity index (χ0n) is 8.93. The Kier molecular flexibility index (Phi) is 3.35. The third-order valence-electron chi connectivity index (χ3n) is 2.46. The standard InChI is InChI=1S/C12H19N/c1-10(2)13(4)9-12-7-5-6-11(3)8-12/h6,8H,1,5,7,9H2,2-4H3. The molecule has 0 bridgehead atoms. The largest absolute Gasteiger partial charge is 0.375 e. The predicted octanol–water partition coefficient (Wildman–Crippen LogP) is 3.12. The maximum absolute atomic E-state index is 3.92. The first-order chi connectivity index (χ1) is 6.09. The molecule has 0 aromatic rings. The molecule has 0 aromatic heterocycles. The van der Waals surface area contributed by atoms with E-state index in [1.807, 2.05) is 6.92 Å². The lowest BCUT2D eigenvalue weighted by atomic mass is 10.00. The van der Waals surface area contributed by atoms with Crippen LogP contribution in [0.4, 0.5) is 0 Å². The van der Waals surface area contributed by atoms with E-state index in [4.69, 9.17) is 0 Å². The van der Waals surface area contributed by atoms with Crippen molar-refractivity contribution in [1.29, 1.82) is 0 Å². The first-order valence-electron chi connectivity index (χ1n) is 4.82. The Morgan fingerprint density at radius 1 is 1.62 bits per heavy atom. The third kappa shape index (κ3) is 3.10. The molecule has 0 N–H and O–H groups in total. The van der Waals surface area contributed by atoms with Crippen LogP contribution >= 0.6 is 0 Å². The predicted molar refractivity (Wildman–Crippen MR) is 58.5 cm³/mol. The second-order valence-corrected chi connectivity index (χ2v) is 3.88. The van der Waals surface area contributed by atoms with Crippen LogP contribution in [0.15, 0.2) is 35.6 Å². The van der Waals surface area contributed by atoms with Crippen LogP contribution in [0, 0.1) is 0 Å². The molecule has 0 heterocycles. The van der Waals surface area contributed by atoms with Gasteiger partial charge in [0.05, 0.1) is 0 Å². The first kappa shape index (κ1) is 10.1. The molecule has 0 spiro atoms. The van der Waals surface area contributed by atoms with Crippen LogP contribution in [0.3, 0.4) is 0 Å². The molecule has 13 heavy (non-hydrogen) atoms. The Labute approximate surface area is 81.4 Å². The van der Waals surface area contributed by atoms with Crippen molar-refractivity contribution in [3.8, 4) is 0 Å². The van der Waals surface area contributed by atoms with Gasteiger partial charge in [0, 0.05) is 19.3 Å². The lowest BCUT2D eigenvalue weighted by Crippen LogP contribution is -2.18. The molecule has 0 amide bonds. The minimum atomic E-state index is 1.03. The van der Waals surface area contributed by atoms with Crippen molar-refractivity contribution < 1.29 is 0 Å². The Morgan fingerprint density at radius 3 is 2.85 bits per heavy atom. The van der Waals surface area contributed by atoms with E-state index in [1.54, 1.807) is 0 Å². The van der Waals surface area contributed by atoms with Gasteiger partial charge in [-0.1, -0.05) is 29.9 Å². The fourth-order valence-corrected chi connectivity index (χ4v) is 1.50. The second-order valence-electron chi connectivity index (χ2n) is 3.88. The molecule has 0 aromatic carbocycles. The van der Waals surface area contributed by atoms with Crippen molar-refractivity contribution in [3.05, 3.63) is 35.6 Å². The first-order valence-corrected chi connectivity index (χ1v) is 4.82. The third-order valence-corrected chi connectivity index (χ3v) is 2.46. The van der Waals surface area contributed by atoms with Gasteiger partial charge in [-0.25, -0.2) is 0 Å². The van der Waals surface area contributed by atoms with E-state index < -0.39 is 0 Å². The summed E-state index contributed by atoms with van der Waals surface area (Å²) in [5.74, 6) is 0. The molecule has 1 nitrogen and oxygen atoms in total. The number of hydrogen-bond donors (Lipinski definition) is 0. The molecule has 1 aliphatic rings. The van der Waals surface area contributed by atoms with E-state index in [0.29, 0.717) is 0 Å². The second kappa shape index (κ2) is 4.31. The van der Waals surface area contributed by atoms with Crippen LogP contribution in [-0.4, -0.2) is 18.5 Å². The molecule has 72 valence electrons. The highest BCUT2D eigenvalue weighted by molar-refractivity contribution is 5.27. The highest BCUT2D eigenvalue weighted by atomic mass is 15.1. The minimum absolute atomic E-state index is 1.03. The van der Waals surface area contributed by atoms with Crippen molar-refractivity contribution >= 4 is 0 Å². The zero-order valence-corrected chi connectivity index (χ0v) is 8.93. The number of likely N-dealkylation sites (N-methyl/N-ethyl adjacent to an activating group) is 1. The molecule has 0 fully saturated rings. The quantitative estimate of drug-likeness (QED) is 0.640. The molecular weight excluding hydrogens is 158 g/mol. The summed E-state index contributed by atoms with van der Waals surface area (Å²) >= 11 is 0. The van der Waals surface area contributed by atoms with Crippen LogP contribution < -0.4 is 0 Å². The fourth-order valence-electron chi connectivity index (χ4n) is 1.50. The Balaban J connectivity index is 2.54. The average Bonchev–Trinajstić information content (AvgIpc) is 2.04. The summed E-state index contributed by atoms with van der Waals surface area (Å²) in [6, 6.07) is 0. The summed E-state index contributed by atoms with van der Waals surface area (Å²) in [5, 5.41) is 0. The SMILES string of the molecule is C=C(C)N(C)CC1=CC(C)=CCC1. The van der Waals surface area contributed by atoms with Gasteiger partial charge in [-0.05, 0) is 26.7 Å². The Morgan fingerprint density at radius 2 is 2.31 bits per heavy atom. The summed E-state index contributed by atoms with van der Waals surface area (Å²) in [5.41, 5.74) is 4.05. The van der Waals surface area contributed by atoms with Crippen molar-refractivity contribution in [2.45, 2.75) is 26.7 Å². The van der Waals surface area contributed by atoms with Crippen LogP contribution in [0.1, 0.15) is 26.7 Å². The zero-order chi connectivity index (χ0) is 9.84. The molecule has 1 aliphatic carbocycles. The van der Waals surface area contributed by atoms with E-state index in [9.17, 15) is 0 Å². The summed E-state index contributed by atoms with van der Waals surface area (Å²) in [7, 11) is 2.09. The highest BCUT2D eigenvalue weighted by Crippen LogP contribution is 2.18. The molecule has 0 atom stereocenters. The van der Waals surface area contributed by atoms with Crippen molar-refractivity contribution in [2.75, 3.05) is 13.6 Å². The number of rotatable bonds is 3. The average molecular weight is 177 g/mol. The summed E-state index contributed by atoms with van der Waals surface area (Å²) < 4.78 is 0. The van der Waals surface area contributed by atoms with Gasteiger partial charge < -0.3 is 4.90 Å². The van der Waals surface area contributed by atoms with Gasteiger partial charge >= 0.3 is 0 Å². The fraction of sp³-hybridized carbons (Fsp3) is 0.500. The van der Waals surface area contributed by atoms with Crippen molar-refractivity contribution in [1.82, 2.24) is 4.90 Å². The van der Waals surface area contributed by atoms with Crippen LogP contribution in [0.2, 0.25) is 0 Å². The van der Waals surface area contributed by atoms with Crippen LogP contribution in [-0.2, 0) is 0 Å². The molecule has 0 radical (unpaired) electrons. The lowest BCUT2D eigenvalue weighted by molar-refractivity contribution is 0.450. The monoisotopic (exact) mass is 177 g/mol. The van der Waals surface area contributed by atoms with E-state index in [1.165, 1.54) is 24.0 Å². The highest BCUT2D eigenvalue weighted by Gasteiger charge is 2.05. The van der Waals surface area contributed by atoms with Crippen LogP contribution in [0.25, 0.3) is 0 Å². The maximum atomic E-state index is 3.92. The summed E-state index contributed by atoms with van der Waals surface area (Å²) in [6.45, 7) is 9.17. The van der Waals surface area contributed by atoms with Gasteiger partial charge in [0.1, 0.15) is 0 Å². The van der Waals surface area contributed by atoms with Crippen LogP contribution in [0.5, 0.6) is 0 Å². The van der Waals surface area contributed by atoms with Gasteiger partial charge in [0.25, 0.3) is 0 Å². The minimum Gasteiger partial charge on any atom is -0.375 e. The van der Waals surface area contributed by atoms with Gasteiger partial charge in [0.2, 0.25) is 0 Å². The molecule has 0 saturated heterocycles. The van der Waals surface area contributed by atoms with E-state index in [-0.39, 0.29) is 0 Å². The van der Waals surface area contributed by atoms with Crippen molar-refractivity contribution in [3.63, 3.8) is 0 Å². The Hall–Kier alpha value is -0.980. The van der Waals surface area contributed by atoms with Gasteiger partial charge in [-0.15, -0.1) is 0 Å². The lowest BCUT2D eigenvalue weighted by Gasteiger charge is -2.22. The van der Waals surface area contributed by atoms with Gasteiger partial charge in [0.15, 0.2) is 0 Å². The van der Waals surface area contributed by atoms with Crippen molar-refractivity contribution in [2.24, 2.45) is 0 Å². The Bertz CT molecular complexity index is 258. The maximum Gasteiger partial charge on any atom is 0.0385 e. The molecule has 0 saturated carbocycles. The van der Waals surface area contributed by atoms with E-state index in [2.05, 4.69) is 37.6 Å². The number of allylic oxidation sites excluding steroid dienone is 4. The normalized spacial score (nSPS) is 16.2. The van der Waals surface area contributed by atoms with E-state index in [0.717, 1.165) is 12.2 Å². The molecule has 0 aliphatic heterocycles. The summed E-state index contributed by atoms with van der Waals surface area (Å²) in [4.78, 5) is 2.20.